The molecule has 5 nitrogen and oxygen atoms in total. The lowest BCUT2D eigenvalue weighted by Crippen LogP contribution is -2.05. The van der Waals surface area contributed by atoms with Crippen LogP contribution in [0.15, 0.2) is 39.5 Å². The Morgan fingerprint density at radius 2 is 2.00 bits per heavy atom. The van der Waals surface area contributed by atoms with E-state index in [4.69, 9.17) is 9.15 Å². The molecule has 3 aromatic rings. The Morgan fingerprint density at radius 3 is 2.59 bits per heavy atom. The minimum absolute atomic E-state index is 0.0275. The van der Waals surface area contributed by atoms with Gasteiger partial charge < -0.3 is 9.15 Å². The lowest BCUT2D eigenvalue weighted by Gasteiger charge is -2.05. The minimum Gasteiger partial charge on any atom is -0.493 e. The highest BCUT2D eigenvalue weighted by Gasteiger charge is 2.36. The van der Waals surface area contributed by atoms with Gasteiger partial charge in [0.25, 0.3) is 5.56 Å². The number of nitrogens with zero attached hydrogens (tertiary/aromatic N) is 1. The molecule has 0 unspecified atom stereocenters. The fraction of sp³-hybridized carbons (Fsp3) is 0.143. The fourth-order valence-corrected chi connectivity index (χ4v) is 2.12. The number of rotatable bonds is 2. The van der Waals surface area contributed by atoms with Crippen LogP contribution in [0, 0.1) is 0 Å². The average molecular weight is 310 g/mol. The van der Waals surface area contributed by atoms with E-state index in [1.54, 1.807) is 6.07 Å². The number of ether oxygens (including phenoxy) is 1. The van der Waals surface area contributed by atoms with E-state index < -0.39 is 17.5 Å². The van der Waals surface area contributed by atoms with Crippen molar-refractivity contribution in [2.24, 2.45) is 0 Å². The van der Waals surface area contributed by atoms with Gasteiger partial charge in [-0.1, -0.05) is 0 Å². The van der Waals surface area contributed by atoms with E-state index in [0.717, 1.165) is 6.07 Å². The molecule has 0 fully saturated rings. The highest BCUT2D eigenvalue weighted by molar-refractivity contribution is 5.96. The molecule has 0 bridgehead atoms. The molecule has 1 aromatic carbocycles. The summed E-state index contributed by atoms with van der Waals surface area (Å²) in [6, 6.07) is 6.58. The first-order chi connectivity index (χ1) is 10.4. The second-order valence-electron chi connectivity index (χ2n) is 4.47. The summed E-state index contributed by atoms with van der Waals surface area (Å²) in [7, 11) is 1.34. The summed E-state index contributed by atoms with van der Waals surface area (Å²) in [5.41, 5.74) is 0.282. The van der Waals surface area contributed by atoms with Crippen molar-refractivity contribution in [2.75, 3.05) is 7.11 Å². The molecule has 0 aliphatic carbocycles. The first-order valence-corrected chi connectivity index (χ1v) is 6.14. The number of fused-ring (bicyclic) bond motifs is 1. The van der Waals surface area contributed by atoms with E-state index in [2.05, 4.69) is 10.2 Å². The van der Waals surface area contributed by atoms with Crippen molar-refractivity contribution >= 4 is 11.0 Å². The topological polar surface area (TPSA) is 68.1 Å². The molecule has 0 saturated carbocycles. The fourth-order valence-electron chi connectivity index (χ4n) is 2.12. The number of halogens is 3. The first-order valence-electron chi connectivity index (χ1n) is 6.14. The van der Waals surface area contributed by atoms with Gasteiger partial charge in [0, 0.05) is 17.0 Å². The smallest absolute Gasteiger partial charge is 0.449 e. The van der Waals surface area contributed by atoms with Crippen LogP contribution in [0.3, 0.4) is 0 Å². The molecule has 22 heavy (non-hydrogen) atoms. The maximum Gasteiger partial charge on any atom is 0.449 e. The number of aromatic nitrogens is 2. The molecule has 8 heteroatoms. The first kappa shape index (κ1) is 14.2. The second kappa shape index (κ2) is 4.90. The number of aromatic amines is 1. The van der Waals surface area contributed by atoms with Crippen LogP contribution in [-0.4, -0.2) is 17.3 Å². The zero-order chi connectivity index (χ0) is 15.9. The predicted octanol–water partition coefficient (Wildman–Crippen LogP) is 3.21. The summed E-state index contributed by atoms with van der Waals surface area (Å²) < 4.78 is 48.5. The number of methoxy groups -OCH3 is 1. The predicted molar refractivity (Wildman–Crippen MR) is 71.6 cm³/mol. The van der Waals surface area contributed by atoms with Crippen molar-refractivity contribution in [1.82, 2.24) is 10.2 Å². The van der Waals surface area contributed by atoms with Gasteiger partial charge in [0.2, 0.25) is 5.76 Å². The zero-order valence-corrected chi connectivity index (χ0v) is 11.2. The van der Waals surface area contributed by atoms with Crippen LogP contribution in [0.1, 0.15) is 5.76 Å². The normalized spacial score (nSPS) is 11.8. The van der Waals surface area contributed by atoms with E-state index in [9.17, 15) is 18.0 Å². The van der Waals surface area contributed by atoms with E-state index in [1.165, 1.54) is 25.3 Å². The molecule has 0 aliphatic heterocycles. The lowest BCUT2D eigenvalue weighted by atomic mass is 10.1. The van der Waals surface area contributed by atoms with Crippen LogP contribution >= 0.6 is 0 Å². The van der Waals surface area contributed by atoms with Crippen molar-refractivity contribution in [3.8, 4) is 17.0 Å². The van der Waals surface area contributed by atoms with E-state index in [0.29, 0.717) is 11.3 Å². The van der Waals surface area contributed by atoms with Gasteiger partial charge in [-0.15, -0.1) is 0 Å². The highest BCUT2D eigenvalue weighted by Crippen LogP contribution is 2.40. The molecular weight excluding hydrogens is 301 g/mol. The van der Waals surface area contributed by atoms with Crippen molar-refractivity contribution in [3.63, 3.8) is 0 Å². The molecule has 0 aliphatic rings. The molecule has 0 amide bonds. The Bertz CT molecular complexity index is 876. The molecule has 0 atom stereocenters. The molecule has 114 valence electrons. The van der Waals surface area contributed by atoms with Gasteiger partial charge in [-0.05, 0) is 24.3 Å². The van der Waals surface area contributed by atoms with Crippen LogP contribution in [0.4, 0.5) is 13.2 Å². The van der Waals surface area contributed by atoms with Crippen molar-refractivity contribution in [1.29, 1.82) is 0 Å². The summed E-state index contributed by atoms with van der Waals surface area (Å²) in [4.78, 5) is 11.0. The number of benzene rings is 1. The Kier molecular flexibility index (Phi) is 3.16. The number of hydrogen-bond donors (Lipinski definition) is 1. The number of furan rings is 1. The van der Waals surface area contributed by atoms with Gasteiger partial charge in [-0.25, -0.2) is 5.10 Å². The zero-order valence-electron chi connectivity index (χ0n) is 11.2. The second-order valence-corrected chi connectivity index (χ2v) is 4.47. The van der Waals surface area contributed by atoms with Gasteiger partial charge >= 0.3 is 6.18 Å². The van der Waals surface area contributed by atoms with E-state index >= 15 is 0 Å². The number of nitrogens with one attached hydrogen (secondary N) is 1. The summed E-state index contributed by atoms with van der Waals surface area (Å²) in [5.74, 6) is -0.948. The molecule has 2 heterocycles. The summed E-state index contributed by atoms with van der Waals surface area (Å²) in [5, 5.41) is 6.26. The van der Waals surface area contributed by atoms with Gasteiger partial charge in [-0.3, -0.25) is 4.79 Å². The third-order valence-electron chi connectivity index (χ3n) is 3.10. The Labute approximate surface area is 121 Å². The van der Waals surface area contributed by atoms with E-state index in [1.807, 2.05) is 0 Å². The van der Waals surface area contributed by atoms with Gasteiger partial charge in [0.05, 0.1) is 12.8 Å². The Morgan fingerprint density at radius 1 is 1.23 bits per heavy atom. The summed E-state index contributed by atoms with van der Waals surface area (Å²) in [6.45, 7) is 0. The Hall–Kier alpha value is -2.77. The number of H-pyrrole nitrogens is 1. The van der Waals surface area contributed by atoms with Gasteiger partial charge in [0.1, 0.15) is 0 Å². The summed E-state index contributed by atoms with van der Waals surface area (Å²) >= 11 is 0. The van der Waals surface area contributed by atoms with Crippen LogP contribution < -0.4 is 10.3 Å². The quantitative estimate of drug-likeness (QED) is 0.789. The molecule has 3 rings (SSSR count). The van der Waals surface area contributed by atoms with Crippen molar-refractivity contribution < 1.29 is 22.3 Å². The molecular formula is C14H9F3N2O3. The molecule has 1 N–H and O–H groups in total. The minimum atomic E-state index is -4.61. The largest absolute Gasteiger partial charge is 0.493 e. The molecule has 0 spiro atoms. The van der Waals surface area contributed by atoms with Crippen molar-refractivity contribution in [3.05, 3.63) is 46.4 Å². The third-order valence-corrected chi connectivity index (χ3v) is 3.10. The monoisotopic (exact) mass is 310 g/mol. The standard InChI is InChI=1S/C14H9F3N2O3/c1-21-10-4-2-7(9-3-5-12(20)19-18-9)8-6-11(14(15,16)17)22-13(8)10/h2-6H,1H3,(H,19,20). The van der Waals surface area contributed by atoms with Crippen LogP contribution in [0.2, 0.25) is 0 Å². The molecule has 0 radical (unpaired) electrons. The number of alkyl halides is 3. The lowest BCUT2D eigenvalue weighted by molar-refractivity contribution is -0.152. The van der Waals surface area contributed by atoms with Gasteiger partial charge in [0.15, 0.2) is 11.3 Å². The van der Waals surface area contributed by atoms with E-state index in [-0.39, 0.29) is 16.7 Å². The molecule has 2 aromatic heterocycles. The average Bonchev–Trinajstić information content (AvgIpc) is 2.92. The summed E-state index contributed by atoms with van der Waals surface area (Å²) in [6.07, 6.45) is -4.61. The third kappa shape index (κ3) is 2.32. The van der Waals surface area contributed by atoms with Gasteiger partial charge in [-0.2, -0.15) is 18.3 Å². The number of hydrogen-bond acceptors (Lipinski definition) is 4. The maximum absolute atomic E-state index is 12.9. The maximum atomic E-state index is 12.9. The molecule has 0 saturated heterocycles. The van der Waals surface area contributed by atoms with Crippen molar-refractivity contribution in [2.45, 2.75) is 6.18 Å². The van der Waals surface area contributed by atoms with Crippen LogP contribution in [-0.2, 0) is 6.18 Å². The SMILES string of the molecule is COc1ccc(-c2ccc(=O)[nH]n2)c2cc(C(F)(F)F)oc12. The Balaban J connectivity index is 2.29. The highest BCUT2D eigenvalue weighted by atomic mass is 19.4. The van der Waals surface area contributed by atoms with Crippen LogP contribution in [0.5, 0.6) is 5.75 Å². The van der Waals surface area contributed by atoms with Crippen LogP contribution in [0.25, 0.3) is 22.2 Å².